The van der Waals surface area contributed by atoms with Crippen LogP contribution in [-0.4, -0.2) is 4.57 Å². The zero-order chi connectivity index (χ0) is 33.1. The van der Waals surface area contributed by atoms with Crippen LogP contribution in [0.1, 0.15) is 30.5 Å². The third-order valence-electron chi connectivity index (χ3n) is 10.2. The fourth-order valence-electron chi connectivity index (χ4n) is 7.93. The highest BCUT2D eigenvalue weighted by atomic mass is 15.2. The van der Waals surface area contributed by atoms with E-state index in [2.05, 4.69) is 181 Å². The Morgan fingerprint density at radius 2 is 1.02 bits per heavy atom. The lowest BCUT2D eigenvalue weighted by Crippen LogP contribution is -2.31. The van der Waals surface area contributed by atoms with Gasteiger partial charge in [0.2, 0.25) is 0 Å². The fourth-order valence-corrected chi connectivity index (χ4v) is 7.93. The lowest BCUT2D eigenvalue weighted by Gasteiger charge is -2.43. The number of hydrogen-bond acceptors (Lipinski definition) is 2. The number of rotatable bonds is 4. The summed E-state index contributed by atoms with van der Waals surface area (Å²) < 4.78 is 2.26. The molecule has 0 amide bonds. The summed E-state index contributed by atoms with van der Waals surface area (Å²) in [5.74, 6) is 0. The summed E-state index contributed by atoms with van der Waals surface area (Å²) in [7, 11) is 0. The van der Waals surface area contributed by atoms with E-state index < -0.39 is 0 Å². The first-order chi connectivity index (χ1) is 24.1. The molecule has 9 rings (SSSR count). The molecule has 0 fully saturated rings. The quantitative estimate of drug-likeness (QED) is 0.194. The maximum absolute atomic E-state index is 10.4. The summed E-state index contributed by atoms with van der Waals surface area (Å²) in [6, 6.07) is 60.5. The molecule has 3 heteroatoms. The maximum Gasteiger partial charge on any atom is 0.101 e. The van der Waals surface area contributed by atoms with Crippen molar-refractivity contribution in [3.8, 4) is 34.0 Å². The van der Waals surface area contributed by atoms with Crippen LogP contribution in [-0.2, 0) is 5.41 Å². The van der Waals surface area contributed by atoms with Gasteiger partial charge in [-0.1, -0.05) is 141 Å². The fraction of sp³-hybridized carbons (Fsp3) is 0.0652. The van der Waals surface area contributed by atoms with Crippen molar-refractivity contribution in [2.75, 3.05) is 4.90 Å². The minimum Gasteiger partial charge on any atom is -0.309 e. The molecule has 3 nitrogen and oxygen atoms in total. The van der Waals surface area contributed by atoms with Gasteiger partial charge >= 0.3 is 0 Å². The molecule has 2 heterocycles. The van der Waals surface area contributed by atoms with E-state index in [0.717, 1.165) is 39.1 Å². The van der Waals surface area contributed by atoms with Gasteiger partial charge in [-0.2, -0.15) is 5.26 Å². The number of aromatic nitrogens is 1. The highest BCUT2D eigenvalue weighted by molar-refractivity contribution is 6.10. The minimum atomic E-state index is -0.178. The summed E-state index contributed by atoms with van der Waals surface area (Å²) in [5, 5.41) is 12.7. The van der Waals surface area contributed by atoms with Gasteiger partial charge in [-0.15, -0.1) is 0 Å². The molecule has 0 saturated heterocycles. The van der Waals surface area contributed by atoms with Crippen molar-refractivity contribution in [1.29, 1.82) is 5.26 Å². The van der Waals surface area contributed by atoms with Crippen LogP contribution in [0.5, 0.6) is 0 Å². The Labute approximate surface area is 286 Å². The first-order valence-electron chi connectivity index (χ1n) is 16.8. The lowest BCUT2D eigenvalue weighted by molar-refractivity contribution is 0.632. The lowest BCUT2D eigenvalue weighted by atomic mass is 9.72. The Morgan fingerprint density at radius 3 is 1.67 bits per heavy atom. The molecule has 232 valence electrons. The number of hydrogen-bond donors (Lipinski definition) is 0. The number of benzene rings is 7. The highest BCUT2D eigenvalue weighted by Crippen LogP contribution is 2.54. The molecule has 1 aliphatic heterocycles. The molecule has 0 spiro atoms. The van der Waals surface area contributed by atoms with Gasteiger partial charge in [0.25, 0.3) is 0 Å². The van der Waals surface area contributed by atoms with E-state index in [0.29, 0.717) is 5.56 Å². The van der Waals surface area contributed by atoms with Crippen molar-refractivity contribution in [3.63, 3.8) is 0 Å². The van der Waals surface area contributed by atoms with E-state index in [1.165, 1.54) is 38.8 Å². The molecule has 1 aliphatic rings. The number of fused-ring (bicyclic) bond motifs is 5. The van der Waals surface area contributed by atoms with Crippen molar-refractivity contribution in [2.45, 2.75) is 19.3 Å². The molecular weight excluding hydrogens is 595 g/mol. The SMILES string of the molecule is CC1(C)c2ccccc2N(c2ccccc2)c2c(-c3ccc(-c4cccc(C#N)c4-n4c5ccccc5c5ccccc54)cc3)cccc21. The zero-order valence-corrected chi connectivity index (χ0v) is 27.4. The Hall–Kier alpha value is -6.37. The molecular formula is C46H33N3. The molecule has 7 aromatic carbocycles. The summed E-state index contributed by atoms with van der Waals surface area (Å²) in [6.45, 7) is 4.66. The highest BCUT2D eigenvalue weighted by Gasteiger charge is 2.38. The number of nitriles is 1. The van der Waals surface area contributed by atoms with Crippen LogP contribution < -0.4 is 4.90 Å². The van der Waals surface area contributed by atoms with Crippen molar-refractivity contribution < 1.29 is 0 Å². The smallest absolute Gasteiger partial charge is 0.101 e. The van der Waals surface area contributed by atoms with E-state index in [1.54, 1.807) is 0 Å². The Bertz CT molecular complexity index is 2530. The van der Waals surface area contributed by atoms with E-state index in [1.807, 2.05) is 12.1 Å². The van der Waals surface area contributed by atoms with Crippen molar-refractivity contribution in [3.05, 3.63) is 180 Å². The van der Waals surface area contributed by atoms with Gasteiger partial charge in [-0.25, -0.2) is 0 Å². The van der Waals surface area contributed by atoms with Gasteiger partial charge in [0, 0.05) is 33.0 Å². The van der Waals surface area contributed by atoms with E-state index in [-0.39, 0.29) is 5.41 Å². The van der Waals surface area contributed by atoms with Gasteiger partial charge in [0.1, 0.15) is 6.07 Å². The Morgan fingerprint density at radius 1 is 0.490 bits per heavy atom. The van der Waals surface area contributed by atoms with Gasteiger partial charge < -0.3 is 9.47 Å². The van der Waals surface area contributed by atoms with Crippen LogP contribution in [0.4, 0.5) is 17.1 Å². The predicted molar refractivity (Wildman–Crippen MR) is 203 cm³/mol. The second kappa shape index (κ2) is 11.1. The van der Waals surface area contributed by atoms with Gasteiger partial charge in [0.05, 0.1) is 33.7 Å². The van der Waals surface area contributed by atoms with Crippen LogP contribution in [0.3, 0.4) is 0 Å². The second-order valence-corrected chi connectivity index (χ2v) is 13.3. The van der Waals surface area contributed by atoms with Crippen molar-refractivity contribution in [2.24, 2.45) is 0 Å². The van der Waals surface area contributed by atoms with Gasteiger partial charge in [-0.05, 0) is 58.7 Å². The number of anilines is 3. The first kappa shape index (κ1) is 28.8. The molecule has 0 unspecified atom stereocenters. The zero-order valence-electron chi connectivity index (χ0n) is 27.4. The van der Waals surface area contributed by atoms with Crippen LogP contribution in [0.15, 0.2) is 164 Å². The summed E-state index contributed by atoms with van der Waals surface area (Å²) >= 11 is 0. The Balaban J connectivity index is 1.23. The average molecular weight is 628 g/mol. The molecule has 0 atom stereocenters. The van der Waals surface area contributed by atoms with Crippen LogP contribution in [0.2, 0.25) is 0 Å². The molecule has 0 saturated carbocycles. The van der Waals surface area contributed by atoms with Gasteiger partial charge in [0.15, 0.2) is 0 Å². The molecule has 8 aromatic rings. The van der Waals surface area contributed by atoms with Crippen LogP contribution in [0, 0.1) is 11.3 Å². The third kappa shape index (κ3) is 4.35. The van der Waals surface area contributed by atoms with Gasteiger partial charge in [-0.3, -0.25) is 0 Å². The molecule has 49 heavy (non-hydrogen) atoms. The standard InChI is InChI=1S/C46H33N3/c1-46(2)39-21-8-11-25-43(39)48(34-15-4-3-5-16-34)45-36(20-13-22-40(45)46)32-28-26-31(27-29-32)35-19-12-14-33(30-47)44(35)49-41-23-9-6-17-37(41)38-18-7-10-24-42(38)49/h3-29H,1-2H3. The topological polar surface area (TPSA) is 32.0 Å². The third-order valence-corrected chi connectivity index (χ3v) is 10.2. The molecule has 0 radical (unpaired) electrons. The van der Waals surface area contributed by atoms with E-state index in [4.69, 9.17) is 0 Å². The van der Waals surface area contributed by atoms with Crippen molar-refractivity contribution >= 4 is 38.9 Å². The van der Waals surface area contributed by atoms with E-state index in [9.17, 15) is 5.26 Å². The molecule has 0 bridgehead atoms. The maximum atomic E-state index is 10.4. The number of nitrogens with zero attached hydrogens (tertiary/aromatic N) is 3. The summed E-state index contributed by atoms with van der Waals surface area (Å²) in [5.41, 5.74) is 14.1. The molecule has 1 aromatic heterocycles. The van der Waals surface area contributed by atoms with E-state index >= 15 is 0 Å². The van der Waals surface area contributed by atoms with Crippen molar-refractivity contribution in [1.82, 2.24) is 4.57 Å². The average Bonchev–Trinajstić information content (AvgIpc) is 3.49. The first-order valence-corrected chi connectivity index (χ1v) is 16.8. The summed E-state index contributed by atoms with van der Waals surface area (Å²) in [4.78, 5) is 2.43. The monoisotopic (exact) mass is 627 g/mol. The molecule has 0 N–H and O–H groups in total. The van der Waals surface area contributed by atoms with Crippen LogP contribution >= 0.6 is 0 Å². The minimum absolute atomic E-state index is 0.178. The summed E-state index contributed by atoms with van der Waals surface area (Å²) in [6.07, 6.45) is 0. The second-order valence-electron chi connectivity index (χ2n) is 13.3. The normalized spacial score (nSPS) is 13.2. The Kier molecular flexibility index (Phi) is 6.54. The largest absolute Gasteiger partial charge is 0.309 e. The molecule has 0 aliphatic carbocycles. The number of para-hydroxylation sites is 6. The van der Waals surface area contributed by atoms with Crippen LogP contribution in [0.25, 0.3) is 49.7 Å². The predicted octanol–water partition coefficient (Wildman–Crippen LogP) is 12.1.